The first kappa shape index (κ1) is 39.7. The summed E-state index contributed by atoms with van der Waals surface area (Å²) in [7, 11) is 0. The molecule has 0 aliphatic heterocycles. The molecule has 0 spiro atoms. The minimum atomic E-state index is -1.10. The summed E-state index contributed by atoms with van der Waals surface area (Å²) in [5.41, 5.74) is 8.81. The minimum absolute atomic E-state index is 0.189. The molecule has 0 radical (unpaired) electrons. The van der Waals surface area contributed by atoms with Crippen molar-refractivity contribution in [3.05, 3.63) is 124 Å². The van der Waals surface area contributed by atoms with E-state index in [0.717, 1.165) is 39.0 Å². The molecule has 2 rings (SSSR count). The van der Waals surface area contributed by atoms with Gasteiger partial charge in [-0.25, -0.2) is 0 Å². The molecule has 1 fully saturated rings. The van der Waals surface area contributed by atoms with Crippen molar-refractivity contribution in [3.63, 3.8) is 0 Å². The molecule has 0 amide bonds. The Labute approximate surface area is 284 Å². The lowest BCUT2D eigenvalue weighted by molar-refractivity contribution is -0.152. The summed E-state index contributed by atoms with van der Waals surface area (Å²) in [5.74, 6) is -0.322. The molecule has 0 bridgehead atoms. The van der Waals surface area contributed by atoms with E-state index in [1.165, 1.54) is 6.92 Å². The smallest absolute Gasteiger partial charge is 0.302 e. The third-order valence-electron chi connectivity index (χ3n) is 8.82. The maximum atomic E-state index is 11.4. The van der Waals surface area contributed by atoms with Crippen molar-refractivity contribution in [1.29, 1.82) is 0 Å². The van der Waals surface area contributed by atoms with E-state index in [2.05, 4.69) is 83.7 Å². The van der Waals surface area contributed by atoms with Gasteiger partial charge in [0.2, 0.25) is 0 Å². The minimum Gasteiger partial charge on any atom is -0.462 e. The van der Waals surface area contributed by atoms with E-state index in [1.54, 1.807) is 6.92 Å². The fourth-order valence-electron chi connectivity index (χ4n) is 6.50. The maximum Gasteiger partial charge on any atom is 0.302 e. The van der Waals surface area contributed by atoms with E-state index >= 15 is 0 Å². The number of allylic oxidation sites excluding steroid dienone is 17. The highest BCUT2D eigenvalue weighted by Gasteiger charge is 2.46. The number of esters is 1. The van der Waals surface area contributed by atoms with Crippen LogP contribution in [0.15, 0.2) is 124 Å². The van der Waals surface area contributed by atoms with Crippen LogP contribution in [-0.4, -0.2) is 45.2 Å². The van der Waals surface area contributed by atoms with E-state index in [1.807, 2.05) is 63.3 Å². The Bertz CT molecular complexity index is 1470. The Kier molecular flexibility index (Phi) is 14.4. The van der Waals surface area contributed by atoms with E-state index in [0.29, 0.717) is 19.3 Å². The quantitative estimate of drug-likeness (QED) is 0.126. The van der Waals surface area contributed by atoms with Crippen LogP contribution in [-0.2, 0) is 9.53 Å². The average Bonchev–Trinajstić information content (AvgIpc) is 2.92. The second kappa shape index (κ2) is 17.1. The van der Waals surface area contributed by atoms with Crippen LogP contribution in [0, 0.1) is 10.8 Å². The summed E-state index contributed by atoms with van der Waals surface area (Å²) in [6, 6.07) is 0. The largest absolute Gasteiger partial charge is 0.462 e. The lowest BCUT2D eigenvalue weighted by Gasteiger charge is -2.44. The number of hydrogen-bond acceptors (Lipinski definition) is 5. The summed E-state index contributed by atoms with van der Waals surface area (Å²) in [4.78, 5) is 11.4. The molecule has 47 heavy (non-hydrogen) atoms. The van der Waals surface area contributed by atoms with E-state index in [-0.39, 0.29) is 22.9 Å². The molecule has 4 atom stereocenters. The van der Waals surface area contributed by atoms with Gasteiger partial charge in [0.1, 0.15) is 12.2 Å². The van der Waals surface area contributed by atoms with Crippen LogP contribution in [0.1, 0.15) is 95.4 Å². The molecule has 0 unspecified atom stereocenters. The number of aliphatic hydroxyl groups is 3. The molecule has 5 heteroatoms. The fourth-order valence-corrected chi connectivity index (χ4v) is 6.50. The van der Waals surface area contributed by atoms with Crippen molar-refractivity contribution in [2.24, 2.45) is 10.8 Å². The first-order valence-electron chi connectivity index (χ1n) is 16.6. The van der Waals surface area contributed by atoms with Crippen molar-refractivity contribution < 1.29 is 24.9 Å². The van der Waals surface area contributed by atoms with Gasteiger partial charge in [-0.1, -0.05) is 117 Å². The van der Waals surface area contributed by atoms with Crippen LogP contribution in [0.25, 0.3) is 0 Å². The summed E-state index contributed by atoms with van der Waals surface area (Å²) < 4.78 is 5.41. The number of hydrogen-bond donors (Lipinski definition) is 3. The molecule has 2 aliphatic rings. The van der Waals surface area contributed by atoms with Crippen molar-refractivity contribution in [2.75, 3.05) is 0 Å². The third kappa shape index (κ3) is 12.6. The van der Waals surface area contributed by atoms with Crippen LogP contribution >= 0.6 is 0 Å². The SMILES string of the molecule is CC(=O)O[C@H]1CC(C)(C)C(=C=C/C(C)=C/C=C/C(C)=C/C=C/C=C(C)/C=C/C=C(C)/C=C/C2=C(C)[C@@H](O)[C@@H](O)CC2(C)C)[C@](C)(O)C1. The number of carbonyl (C=O) groups is 1. The van der Waals surface area contributed by atoms with Gasteiger partial charge in [0.25, 0.3) is 0 Å². The molecule has 0 heterocycles. The van der Waals surface area contributed by atoms with E-state index in [9.17, 15) is 20.1 Å². The third-order valence-corrected chi connectivity index (χ3v) is 8.82. The molecule has 2 aliphatic carbocycles. The predicted octanol–water partition coefficient (Wildman–Crippen LogP) is 9.05. The van der Waals surface area contributed by atoms with Crippen LogP contribution in [0.2, 0.25) is 0 Å². The average molecular weight is 643 g/mol. The normalized spacial score (nSPS) is 27.8. The molecular formula is C42H58O5. The first-order valence-corrected chi connectivity index (χ1v) is 16.6. The highest BCUT2D eigenvalue weighted by Crippen LogP contribution is 2.46. The zero-order chi connectivity index (χ0) is 35.6. The summed E-state index contributed by atoms with van der Waals surface area (Å²) >= 11 is 0. The number of rotatable bonds is 10. The van der Waals surface area contributed by atoms with Gasteiger partial charge in [-0.15, -0.1) is 5.73 Å². The van der Waals surface area contributed by atoms with E-state index in [4.69, 9.17) is 4.74 Å². The van der Waals surface area contributed by atoms with Gasteiger partial charge in [0.05, 0.1) is 11.7 Å². The summed E-state index contributed by atoms with van der Waals surface area (Å²) in [6.07, 6.45) is 26.1. The van der Waals surface area contributed by atoms with Crippen LogP contribution in [0.5, 0.6) is 0 Å². The Morgan fingerprint density at radius 2 is 1.26 bits per heavy atom. The van der Waals surface area contributed by atoms with E-state index < -0.39 is 17.8 Å². The highest BCUT2D eigenvalue weighted by atomic mass is 16.5. The van der Waals surface area contributed by atoms with Crippen molar-refractivity contribution in [3.8, 4) is 0 Å². The van der Waals surface area contributed by atoms with Gasteiger partial charge < -0.3 is 20.1 Å². The Morgan fingerprint density at radius 1 is 0.745 bits per heavy atom. The van der Waals surface area contributed by atoms with Crippen molar-refractivity contribution in [1.82, 2.24) is 0 Å². The van der Waals surface area contributed by atoms with Crippen molar-refractivity contribution in [2.45, 2.75) is 119 Å². The van der Waals surface area contributed by atoms with Crippen LogP contribution < -0.4 is 0 Å². The zero-order valence-electron chi connectivity index (χ0n) is 30.5. The van der Waals surface area contributed by atoms with Gasteiger partial charge in [-0.2, -0.15) is 0 Å². The van der Waals surface area contributed by atoms with Gasteiger partial charge in [0.15, 0.2) is 0 Å². The number of aliphatic hydroxyl groups excluding tert-OH is 2. The molecule has 3 N–H and O–H groups in total. The molecule has 0 saturated heterocycles. The highest BCUT2D eigenvalue weighted by molar-refractivity contribution is 5.66. The number of carbonyl (C=O) groups excluding carboxylic acids is 1. The molecule has 1 saturated carbocycles. The molecule has 0 aromatic rings. The zero-order valence-corrected chi connectivity index (χ0v) is 30.5. The summed E-state index contributed by atoms with van der Waals surface area (Å²) in [6.45, 7) is 21.5. The topological polar surface area (TPSA) is 87.0 Å². The lowest BCUT2D eigenvalue weighted by atomic mass is 9.65. The van der Waals surface area contributed by atoms with Gasteiger partial charge >= 0.3 is 5.97 Å². The molecule has 256 valence electrons. The lowest BCUT2D eigenvalue weighted by Crippen LogP contribution is -2.46. The second-order valence-electron chi connectivity index (χ2n) is 14.7. The first-order chi connectivity index (χ1) is 21.7. The Balaban J connectivity index is 1.98. The van der Waals surface area contributed by atoms with Gasteiger partial charge in [-0.05, 0) is 88.0 Å². The molecular weight excluding hydrogens is 584 g/mol. The maximum absolute atomic E-state index is 11.4. The number of ether oxygens (including phenoxy) is 1. The van der Waals surface area contributed by atoms with Crippen molar-refractivity contribution >= 4 is 5.97 Å². The Hall–Kier alpha value is -3.47. The fraction of sp³-hybridized carbons (Fsp3) is 0.476. The molecule has 0 aromatic heterocycles. The van der Waals surface area contributed by atoms with Gasteiger partial charge in [0, 0.05) is 18.9 Å². The summed E-state index contributed by atoms with van der Waals surface area (Å²) in [5, 5.41) is 31.6. The standard InChI is InChI=1S/C42H58O5/c1-29(18-14-20-31(3)22-24-36-33(5)39(45)37(44)28-40(36,7)8)16-12-13-17-30(2)19-15-21-32(4)23-25-38-41(9,10)26-35(47-34(6)43)27-42(38,11)46/h12-24,35,37,39,44-46H,26-28H2,1-11H3/b13-12+,18-14+,19-15+,24-22+,29-16+,30-17+,31-20+,32-21+/t25?,35-,37-,39+,42+/m0/s1. The predicted molar refractivity (Wildman–Crippen MR) is 195 cm³/mol. The van der Waals surface area contributed by atoms with Crippen LogP contribution in [0.3, 0.4) is 0 Å². The second-order valence-corrected chi connectivity index (χ2v) is 14.7. The molecule has 5 nitrogen and oxygen atoms in total. The Morgan fingerprint density at radius 3 is 1.79 bits per heavy atom. The molecule has 0 aromatic carbocycles. The van der Waals surface area contributed by atoms with Gasteiger partial charge in [-0.3, -0.25) is 4.79 Å². The van der Waals surface area contributed by atoms with Crippen LogP contribution in [0.4, 0.5) is 0 Å². The monoisotopic (exact) mass is 642 g/mol.